The summed E-state index contributed by atoms with van der Waals surface area (Å²) in [5.74, 6) is 1.29. The van der Waals surface area contributed by atoms with Gasteiger partial charge in [0.05, 0.1) is 32.0 Å². The summed E-state index contributed by atoms with van der Waals surface area (Å²) in [5.41, 5.74) is 2.78. The predicted octanol–water partition coefficient (Wildman–Crippen LogP) is 4.41. The highest BCUT2D eigenvalue weighted by molar-refractivity contribution is 5.95. The van der Waals surface area contributed by atoms with Crippen LogP contribution < -0.4 is 20.1 Å². The van der Waals surface area contributed by atoms with Gasteiger partial charge in [0.1, 0.15) is 11.5 Å². The number of amides is 1. The molecule has 0 unspecified atom stereocenters. The maximum Gasteiger partial charge on any atom is 0.241 e. The molecule has 5 heteroatoms. The minimum atomic E-state index is -0.438. The number of carbonyl (C=O) groups is 1. The Morgan fingerprint density at radius 3 is 2.07 bits per heavy atom. The molecular formula is C24H26N2O3. The van der Waals surface area contributed by atoms with E-state index in [1.54, 1.807) is 14.2 Å². The van der Waals surface area contributed by atoms with Gasteiger partial charge < -0.3 is 14.8 Å². The van der Waals surface area contributed by atoms with E-state index in [0.29, 0.717) is 11.4 Å². The van der Waals surface area contributed by atoms with Gasteiger partial charge in [-0.15, -0.1) is 0 Å². The summed E-state index contributed by atoms with van der Waals surface area (Å²) in [5, 5.41) is 6.39. The molecule has 150 valence electrons. The minimum Gasteiger partial charge on any atom is -0.497 e. The summed E-state index contributed by atoms with van der Waals surface area (Å²) in [6.45, 7) is 1.85. The normalized spacial score (nSPS) is 12.7. The summed E-state index contributed by atoms with van der Waals surface area (Å²) in [6.07, 6.45) is 0. The standard InChI is InChI=1S/C24H26N2O3/c1-17(24(27)26-21-11-7-8-12-22(21)29-3)25-23(18-9-5-4-6-10-18)19-13-15-20(28-2)16-14-19/h4-17,23,25H,1-3H3,(H,26,27)/t17-,23-/m0/s1. The van der Waals surface area contributed by atoms with Crippen molar-refractivity contribution in [2.45, 2.75) is 19.0 Å². The number of carbonyl (C=O) groups excluding carboxylic acids is 1. The molecule has 0 spiro atoms. The van der Waals surface area contributed by atoms with Gasteiger partial charge in [-0.1, -0.05) is 54.6 Å². The van der Waals surface area contributed by atoms with Gasteiger partial charge in [-0.25, -0.2) is 0 Å². The molecule has 0 aliphatic heterocycles. The van der Waals surface area contributed by atoms with E-state index < -0.39 is 6.04 Å². The Kier molecular flexibility index (Phi) is 6.87. The van der Waals surface area contributed by atoms with Crippen molar-refractivity contribution < 1.29 is 14.3 Å². The molecule has 29 heavy (non-hydrogen) atoms. The lowest BCUT2D eigenvalue weighted by Gasteiger charge is -2.24. The second kappa shape index (κ2) is 9.75. The molecule has 2 N–H and O–H groups in total. The lowest BCUT2D eigenvalue weighted by Crippen LogP contribution is -2.40. The number of hydrogen-bond donors (Lipinski definition) is 2. The average molecular weight is 390 g/mol. The topological polar surface area (TPSA) is 59.6 Å². The van der Waals surface area contributed by atoms with Gasteiger partial charge in [0.25, 0.3) is 0 Å². The summed E-state index contributed by atoms with van der Waals surface area (Å²) < 4.78 is 10.6. The van der Waals surface area contributed by atoms with E-state index >= 15 is 0 Å². The van der Waals surface area contributed by atoms with Crippen molar-refractivity contribution in [3.63, 3.8) is 0 Å². The first-order chi connectivity index (χ1) is 14.1. The number of benzene rings is 3. The van der Waals surface area contributed by atoms with E-state index in [0.717, 1.165) is 16.9 Å². The van der Waals surface area contributed by atoms with Crippen LogP contribution in [0.3, 0.4) is 0 Å². The number of hydrogen-bond acceptors (Lipinski definition) is 4. The van der Waals surface area contributed by atoms with Crippen LogP contribution in [0.2, 0.25) is 0 Å². The Hall–Kier alpha value is -3.31. The number of ether oxygens (including phenoxy) is 2. The van der Waals surface area contributed by atoms with E-state index in [1.807, 2.05) is 85.8 Å². The van der Waals surface area contributed by atoms with Gasteiger partial charge >= 0.3 is 0 Å². The van der Waals surface area contributed by atoms with E-state index in [9.17, 15) is 4.79 Å². The van der Waals surface area contributed by atoms with E-state index in [4.69, 9.17) is 9.47 Å². The molecule has 2 atom stereocenters. The first-order valence-corrected chi connectivity index (χ1v) is 9.51. The molecule has 0 aliphatic rings. The van der Waals surface area contributed by atoms with Crippen LogP contribution in [0.5, 0.6) is 11.5 Å². The van der Waals surface area contributed by atoms with Crippen molar-refractivity contribution in [1.82, 2.24) is 5.32 Å². The van der Waals surface area contributed by atoms with E-state index in [2.05, 4.69) is 10.6 Å². The smallest absolute Gasteiger partial charge is 0.241 e. The van der Waals surface area contributed by atoms with Gasteiger partial charge in [-0.05, 0) is 42.3 Å². The first-order valence-electron chi connectivity index (χ1n) is 9.51. The van der Waals surface area contributed by atoms with Crippen LogP contribution in [0.15, 0.2) is 78.9 Å². The Labute approximate surface area is 171 Å². The Morgan fingerprint density at radius 2 is 1.41 bits per heavy atom. The summed E-state index contributed by atoms with van der Waals surface area (Å²) in [6, 6.07) is 24.7. The lowest BCUT2D eigenvalue weighted by atomic mass is 9.97. The number of anilines is 1. The molecule has 0 aliphatic carbocycles. The molecular weight excluding hydrogens is 364 g/mol. The fourth-order valence-electron chi connectivity index (χ4n) is 3.14. The second-order valence-corrected chi connectivity index (χ2v) is 6.69. The molecule has 3 rings (SSSR count). The van der Waals surface area contributed by atoms with Crippen molar-refractivity contribution in [2.24, 2.45) is 0 Å². The van der Waals surface area contributed by atoms with E-state index in [-0.39, 0.29) is 11.9 Å². The SMILES string of the molecule is COc1ccc([C@@H](N[C@@H](C)C(=O)Nc2ccccc2OC)c2ccccc2)cc1. The highest BCUT2D eigenvalue weighted by Gasteiger charge is 2.21. The zero-order valence-electron chi connectivity index (χ0n) is 16.9. The molecule has 0 saturated carbocycles. The predicted molar refractivity (Wildman–Crippen MR) is 116 cm³/mol. The van der Waals surface area contributed by atoms with Crippen molar-refractivity contribution in [3.8, 4) is 11.5 Å². The largest absolute Gasteiger partial charge is 0.497 e. The van der Waals surface area contributed by atoms with Crippen molar-refractivity contribution >= 4 is 11.6 Å². The van der Waals surface area contributed by atoms with Crippen LogP contribution in [-0.4, -0.2) is 26.2 Å². The maximum absolute atomic E-state index is 12.8. The van der Waals surface area contributed by atoms with Crippen LogP contribution in [0.1, 0.15) is 24.1 Å². The third-order valence-electron chi connectivity index (χ3n) is 4.76. The number of nitrogens with one attached hydrogen (secondary N) is 2. The van der Waals surface area contributed by atoms with Crippen molar-refractivity contribution in [3.05, 3.63) is 90.0 Å². The molecule has 0 aromatic heterocycles. The quantitative estimate of drug-likeness (QED) is 0.598. The molecule has 0 fully saturated rings. The zero-order valence-corrected chi connectivity index (χ0v) is 16.9. The molecule has 0 radical (unpaired) electrons. The molecule has 3 aromatic rings. The first kappa shape index (κ1) is 20.4. The minimum absolute atomic E-state index is 0.135. The van der Waals surface area contributed by atoms with Gasteiger partial charge in [-0.2, -0.15) is 0 Å². The summed E-state index contributed by atoms with van der Waals surface area (Å²) >= 11 is 0. The fourth-order valence-corrected chi connectivity index (χ4v) is 3.14. The highest BCUT2D eigenvalue weighted by Crippen LogP contribution is 2.26. The van der Waals surface area contributed by atoms with Crippen LogP contribution in [0.25, 0.3) is 0 Å². The average Bonchev–Trinajstić information content (AvgIpc) is 2.78. The molecule has 3 aromatic carbocycles. The zero-order chi connectivity index (χ0) is 20.6. The third kappa shape index (κ3) is 5.15. The summed E-state index contributed by atoms with van der Waals surface area (Å²) in [7, 11) is 3.23. The van der Waals surface area contributed by atoms with Gasteiger partial charge in [0, 0.05) is 0 Å². The van der Waals surface area contributed by atoms with Gasteiger partial charge in [-0.3, -0.25) is 10.1 Å². The molecule has 5 nitrogen and oxygen atoms in total. The highest BCUT2D eigenvalue weighted by atomic mass is 16.5. The fraction of sp³-hybridized carbons (Fsp3) is 0.208. The van der Waals surface area contributed by atoms with E-state index in [1.165, 1.54) is 0 Å². The molecule has 1 amide bonds. The Bertz CT molecular complexity index is 926. The number of rotatable bonds is 8. The maximum atomic E-state index is 12.8. The van der Waals surface area contributed by atoms with Gasteiger partial charge in [0.2, 0.25) is 5.91 Å². The number of methoxy groups -OCH3 is 2. The number of para-hydroxylation sites is 2. The second-order valence-electron chi connectivity index (χ2n) is 6.69. The monoisotopic (exact) mass is 390 g/mol. The van der Waals surface area contributed by atoms with Crippen LogP contribution >= 0.6 is 0 Å². The van der Waals surface area contributed by atoms with Crippen LogP contribution in [-0.2, 0) is 4.79 Å². The molecule has 0 saturated heterocycles. The Morgan fingerprint density at radius 1 is 0.793 bits per heavy atom. The molecule has 0 bridgehead atoms. The van der Waals surface area contributed by atoms with Crippen LogP contribution in [0, 0.1) is 0 Å². The molecule has 0 heterocycles. The third-order valence-corrected chi connectivity index (χ3v) is 4.76. The van der Waals surface area contributed by atoms with Crippen LogP contribution in [0.4, 0.5) is 5.69 Å². The lowest BCUT2D eigenvalue weighted by molar-refractivity contribution is -0.117. The summed E-state index contributed by atoms with van der Waals surface area (Å²) in [4.78, 5) is 12.8. The Balaban J connectivity index is 1.80. The van der Waals surface area contributed by atoms with Crippen molar-refractivity contribution in [1.29, 1.82) is 0 Å². The van der Waals surface area contributed by atoms with Gasteiger partial charge in [0.15, 0.2) is 0 Å². The van der Waals surface area contributed by atoms with Crippen molar-refractivity contribution in [2.75, 3.05) is 19.5 Å².